The molecule has 43 heavy (non-hydrogen) atoms. The SMILES string of the molecule is COc1c(O)c2c(=O)cc(OC)c3c4c(OC)cc(=O)c5c(O)c(OC)c6c(c(c1C(C(C)=O)=C(C)C6S(=O)(=O)O)c23)c54. The Morgan fingerprint density at radius 3 is 1.60 bits per heavy atom. The molecule has 0 bridgehead atoms. The predicted octanol–water partition coefficient (Wildman–Crippen LogP) is 3.65. The normalized spacial score (nSPS) is 15.2. The first-order valence-electron chi connectivity index (χ1n) is 12.7. The number of benzene rings is 5. The molecule has 0 amide bonds. The van der Waals surface area contributed by atoms with E-state index < -0.39 is 49.3 Å². The van der Waals surface area contributed by atoms with Crippen LogP contribution in [0.3, 0.4) is 0 Å². The van der Waals surface area contributed by atoms with Crippen LogP contribution in [0.5, 0.6) is 34.5 Å². The number of methoxy groups -OCH3 is 4. The van der Waals surface area contributed by atoms with E-state index in [9.17, 15) is 37.6 Å². The Morgan fingerprint density at radius 2 is 1.19 bits per heavy atom. The minimum absolute atomic E-state index is 0.00526. The second kappa shape index (κ2) is 9.06. The van der Waals surface area contributed by atoms with Crippen molar-refractivity contribution >= 4 is 64.6 Å². The van der Waals surface area contributed by atoms with Crippen molar-refractivity contribution in [3.05, 3.63) is 49.3 Å². The van der Waals surface area contributed by atoms with E-state index in [4.69, 9.17) is 18.9 Å². The number of hydrogen-bond donors (Lipinski definition) is 3. The van der Waals surface area contributed by atoms with Crippen LogP contribution in [0.1, 0.15) is 30.2 Å². The molecule has 5 aromatic rings. The van der Waals surface area contributed by atoms with E-state index in [0.29, 0.717) is 0 Å². The number of carbonyl (C=O) groups is 1. The molecule has 1 aliphatic rings. The number of rotatable bonds is 6. The van der Waals surface area contributed by atoms with Gasteiger partial charge in [-0.15, -0.1) is 0 Å². The van der Waals surface area contributed by atoms with Gasteiger partial charge >= 0.3 is 0 Å². The lowest BCUT2D eigenvalue weighted by molar-refractivity contribution is -0.111. The number of Topliss-reactive ketones (excluding diaryl/α,β-unsaturated/α-hetero) is 1. The van der Waals surface area contributed by atoms with Crippen LogP contribution in [0, 0.1) is 0 Å². The Morgan fingerprint density at radius 1 is 0.721 bits per heavy atom. The van der Waals surface area contributed by atoms with Gasteiger partial charge in [0, 0.05) is 61.2 Å². The Balaban J connectivity index is 2.26. The van der Waals surface area contributed by atoms with E-state index in [-0.39, 0.29) is 82.6 Å². The number of phenolic OH excluding ortho intramolecular Hbond substituents is 2. The molecule has 3 N–H and O–H groups in total. The molecular formula is C30H24O12S. The zero-order valence-corrected chi connectivity index (χ0v) is 24.5. The summed E-state index contributed by atoms with van der Waals surface area (Å²) in [5.74, 6) is -2.81. The summed E-state index contributed by atoms with van der Waals surface area (Å²) in [6, 6.07) is 2.23. The third kappa shape index (κ3) is 3.34. The van der Waals surface area contributed by atoms with Crippen LogP contribution >= 0.6 is 0 Å². The molecule has 1 atom stereocenters. The van der Waals surface area contributed by atoms with Gasteiger partial charge in [-0.2, -0.15) is 8.42 Å². The van der Waals surface area contributed by atoms with Gasteiger partial charge in [0.25, 0.3) is 10.1 Å². The zero-order valence-electron chi connectivity index (χ0n) is 23.7. The molecule has 0 spiro atoms. The summed E-state index contributed by atoms with van der Waals surface area (Å²) in [5.41, 5.74) is -2.23. The summed E-state index contributed by atoms with van der Waals surface area (Å²) in [6.45, 7) is 2.46. The number of hydrogen-bond acceptors (Lipinski definition) is 11. The molecule has 222 valence electrons. The largest absolute Gasteiger partial charge is 0.504 e. The van der Waals surface area contributed by atoms with Crippen LogP contribution in [0.2, 0.25) is 0 Å². The quantitative estimate of drug-likeness (QED) is 0.145. The maximum Gasteiger partial charge on any atom is 0.276 e. The highest BCUT2D eigenvalue weighted by molar-refractivity contribution is 7.86. The van der Waals surface area contributed by atoms with E-state index in [2.05, 4.69) is 0 Å². The van der Waals surface area contributed by atoms with E-state index in [1.165, 1.54) is 28.3 Å². The summed E-state index contributed by atoms with van der Waals surface area (Å²) in [5, 5.41) is 20.8. The molecule has 13 heteroatoms. The summed E-state index contributed by atoms with van der Waals surface area (Å²) < 4.78 is 59.4. The number of ketones is 1. The molecule has 0 saturated heterocycles. The predicted molar refractivity (Wildman–Crippen MR) is 158 cm³/mol. The summed E-state index contributed by atoms with van der Waals surface area (Å²) in [6.07, 6.45) is 0. The van der Waals surface area contributed by atoms with Crippen LogP contribution in [-0.4, -0.2) is 57.4 Å². The molecule has 5 aromatic carbocycles. The Hall–Kier alpha value is -4.88. The molecule has 0 saturated carbocycles. The monoisotopic (exact) mass is 608 g/mol. The van der Waals surface area contributed by atoms with Crippen molar-refractivity contribution in [3.8, 4) is 34.5 Å². The number of allylic oxidation sites excluding steroid dienone is 1. The zero-order chi connectivity index (χ0) is 31.4. The smallest absolute Gasteiger partial charge is 0.276 e. The van der Waals surface area contributed by atoms with Crippen LogP contribution in [-0.2, 0) is 14.9 Å². The van der Waals surface area contributed by atoms with E-state index in [1.807, 2.05) is 0 Å². The maximum absolute atomic E-state index is 13.6. The number of carbonyl (C=O) groups excluding carboxylic acids is 1. The average Bonchev–Trinajstić information content (AvgIpc) is 3.05. The standard InChI is InChI=1S/C30H24O12S/c1-9-15(10(2)31)24-22-20-16(26(34)28(24)41-5)11(32)7-13(39-3)18(20)19-14(40-4)8-12(33)17-21(19)23(22)25(29(42-6)27(17)35)30(9)43(36,37)38/h7-8,30,34-35H,1-6H3,(H,36,37,38). The van der Waals surface area contributed by atoms with Gasteiger partial charge in [0.05, 0.1) is 39.2 Å². The highest BCUT2D eigenvalue weighted by atomic mass is 32.2. The van der Waals surface area contributed by atoms with Gasteiger partial charge in [0.1, 0.15) is 16.7 Å². The van der Waals surface area contributed by atoms with E-state index in [0.717, 1.165) is 26.2 Å². The van der Waals surface area contributed by atoms with E-state index >= 15 is 0 Å². The molecule has 0 fully saturated rings. The first kappa shape index (κ1) is 28.2. The molecule has 6 rings (SSSR count). The topological polar surface area (TPSA) is 183 Å². The lowest BCUT2D eigenvalue weighted by atomic mass is 9.82. The fourth-order valence-electron chi connectivity index (χ4n) is 6.79. The summed E-state index contributed by atoms with van der Waals surface area (Å²) in [4.78, 5) is 40.6. The minimum Gasteiger partial charge on any atom is -0.504 e. The van der Waals surface area contributed by atoms with Crippen molar-refractivity contribution in [2.75, 3.05) is 28.4 Å². The molecule has 0 aromatic heterocycles. The second-order valence-corrected chi connectivity index (χ2v) is 11.7. The van der Waals surface area contributed by atoms with Gasteiger partial charge in [-0.05, 0) is 19.4 Å². The van der Waals surface area contributed by atoms with Crippen molar-refractivity contribution in [2.24, 2.45) is 0 Å². The van der Waals surface area contributed by atoms with Crippen molar-refractivity contribution in [3.63, 3.8) is 0 Å². The van der Waals surface area contributed by atoms with Crippen LogP contribution in [0.4, 0.5) is 0 Å². The lowest BCUT2D eigenvalue weighted by Crippen LogP contribution is -2.17. The molecular weight excluding hydrogens is 584 g/mol. The molecule has 1 aliphatic carbocycles. The minimum atomic E-state index is -5.13. The fourth-order valence-corrected chi connectivity index (χ4v) is 7.88. The number of aromatic hydroxyl groups is 2. The second-order valence-electron chi connectivity index (χ2n) is 10.2. The number of ether oxygens (including phenoxy) is 4. The van der Waals surface area contributed by atoms with Crippen LogP contribution in [0.15, 0.2) is 27.3 Å². The maximum atomic E-state index is 13.6. The molecule has 1 unspecified atom stereocenters. The molecule has 0 heterocycles. The highest BCUT2D eigenvalue weighted by Crippen LogP contribution is 2.60. The van der Waals surface area contributed by atoms with Crippen molar-refractivity contribution < 1.29 is 46.9 Å². The average molecular weight is 609 g/mol. The summed E-state index contributed by atoms with van der Waals surface area (Å²) >= 11 is 0. The number of fused-ring (bicyclic) bond motifs is 1. The summed E-state index contributed by atoms with van der Waals surface area (Å²) in [7, 11) is -0.203. The first-order chi connectivity index (χ1) is 20.3. The highest BCUT2D eigenvalue weighted by Gasteiger charge is 2.43. The van der Waals surface area contributed by atoms with Gasteiger partial charge in [-0.3, -0.25) is 18.9 Å². The molecule has 0 aliphatic heterocycles. The van der Waals surface area contributed by atoms with Gasteiger partial charge in [0.2, 0.25) is 0 Å². The van der Waals surface area contributed by atoms with Gasteiger partial charge in [0.15, 0.2) is 39.6 Å². The first-order valence-corrected chi connectivity index (χ1v) is 14.2. The van der Waals surface area contributed by atoms with Gasteiger partial charge in [-0.25, -0.2) is 0 Å². The molecule has 12 nitrogen and oxygen atoms in total. The van der Waals surface area contributed by atoms with Crippen LogP contribution in [0.25, 0.3) is 48.7 Å². The van der Waals surface area contributed by atoms with Crippen molar-refractivity contribution in [1.82, 2.24) is 0 Å². The Bertz CT molecular complexity index is 2360. The Kier molecular flexibility index (Phi) is 5.95. The lowest BCUT2D eigenvalue weighted by Gasteiger charge is -2.25. The van der Waals surface area contributed by atoms with Gasteiger partial charge in [-0.1, -0.05) is 0 Å². The van der Waals surface area contributed by atoms with Crippen molar-refractivity contribution in [1.29, 1.82) is 0 Å². The van der Waals surface area contributed by atoms with Crippen molar-refractivity contribution in [2.45, 2.75) is 19.1 Å². The van der Waals surface area contributed by atoms with Crippen LogP contribution < -0.4 is 29.8 Å². The number of phenols is 2. The third-order valence-electron chi connectivity index (χ3n) is 8.20. The van der Waals surface area contributed by atoms with E-state index in [1.54, 1.807) is 0 Å². The Labute approximate surface area is 242 Å². The molecule has 0 radical (unpaired) electrons. The fraction of sp³-hybridized carbons (Fsp3) is 0.233. The third-order valence-corrected chi connectivity index (χ3v) is 9.39. The van der Waals surface area contributed by atoms with Gasteiger partial charge < -0.3 is 29.2 Å².